The van der Waals surface area contributed by atoms with Gasteiger partial charge in [0.2, 0.25) is 0 Å². The van der Waals surface area contributed by atoms with E-state index in [0.717, 1.165) is 0 Å². The number of nitrogens with one attached hydrogen (secondary N) is 2. The molecule has 0 aromatic heterocycles. The van der Waals surface area contributed by atoms with E-state index in [1.165, 1.54) is 31.4 Å². The monoisotopic (exact) mass is 373 g/mol. The first-order valence-electron chi connectivity index (χ1n) is 8.04. The van der Waals surface area contributed by atoms with Crippen molar-refractivity contribution in [2.24, 2.45) is 0 Å². The molecule has 0 heterocycles. The second-order valence-electron chi connectivity index (χ2n) is 5.38. The van der Waals surface area contributed by atoms with Crippen LogP contribution in [0.1, 0.15) is 10.4 Å². The topological polar surface area (TPSA) is 120 Å². The van der Waals surface area contributed by atoms with E-state index in [2.05, 4.69) is 10.6 Å². The Morgan fingerprint density at radius 3 is 2.48 bits per heavy atom. The van der Waals surface area contributed by atoms with Crippen molar-refractivity contribution in [1.29, 1.82) is 0 Å². The molecule has 2 amide bonds. The number of ether oxygens (including phenoxy) is 2. The number of nitro benzene ring substituents is 1. The molecule has 2 aromatic carbocycles. The third kappa shape index (κ3) is 6.08. The molecular weight excluding hydrogens is 354 g/mol. The van der Waals surface area contributed by atoms with Crippen LogP contribution < -0.4 is 15.4 Å². The summed E-state index contributed by atoms with van der Waals surface area (Å²) in [5, 5.41) is 15.9. The normalized spacial score (nSPS) is 10.1. The fourth-order valence-corrected chi connectivity index (χ4v) is 2.15. The molecular formula is C18H19N3O6. The lowest BCUT2D eigenvalue weighted by molar-refractivity contribution is -0.384. The summed E-state index contributed by atoms with van der Waals surface area (Å²) in [6.45, 7) is 0.418. The third-order valence-electron chi connectivity index (χ3n) is 3.45. The van der Waals surface area contributed by atoms with Gasteiger partial charge < -0.3 is 20.1 Å². The molecule has 0 saturated carbocycles. The maximum Gasteiger partial charge on any atom is 0.269 e. The average molecular weight is 373 g/mol. The SMILES string of the molecule is COCCNC(=O)c1ccccc1NC(=O)COc1ccc([N+](=O)[O-])cc1. The van der Waals surface area contributed by atoms with E-state index in [-0.39, 0.29) is 18.2 Å². The molecule has 0 spiro atoms. The van der Waals surface area contributed by atoms with Crippen LogP contribution in [-0.4, -0.2) is 43.6 Å². The Labute approximate surface area is 155 Å². The minimum atomic E-state index is -0.523. The van der Waals surface area contributed by atoms with Gasteiger partial charge in [0.1, 0.15) is 5.75 Å². The van der Waals surface area contributed by atoms with Crippen LogP contribution in [0.4, 0.5) is 11.4 Å². The average Bonchev–Trinajstić information content (AvgIpc) is 2.67. The molecule has 2 aromatic rings. The van der Waals surface area contributed by atoms with Gasteiger partial charge in [-0.1, -0.05) is 12.1 Å². The molecule has 142 valence electrons. The molecule has 0 bridgehead atoms. The highest BCUT2D eigenvalue weighted by molar-refractivity contribution is 6.04. The maximum absolute atomic E-state index is 12.2. The number of carbonyl (C=O) groups is 2. The highest BCUT2D eigenvalue weighted by atomic mass is 16.6. The van der Waals surface area contributed by atoms with Crippen molar-refractivity contribution in [2.45, 2.75) is 0 Å². The lowest BCUT2D eigenvalue weighted by Gasteiger charge is -2.12. The van der Waals surface area contributed by atoms with E-state index in [9.17, 15) is 19.7 Å². The first kappa shape index (κ1) is 19.9. The van der Waals surface area contributed by atoms with Crippen LogP contribution in [0.2, 0.25) is 0 Å². The van der Waals surface area contributed by atoms with E-state index >= 15 is 0 Å². The quantitative estimate of drug-likeness (QED) is 0.394. The van der Waals surface area contributed by atoms with Crippen LogP contribution in [0.25, 0.3) is 0 Å². The maximum atomic E-state index is 12.2. The Morgan fingerprint density at radius 2 is 1.81 bits per heavy atom. The Hall–Kier alpha value is -3.46. The predicted molar refractivity (Wildman–Crippen MR) is 97.9 cm³/mol. The number of amides is 2. The molecule has 0 aliphatic carbocycles. The van der Waals surface area contributed by atoms with Gasteiger partial charge in [0, 0.05) is 25.8 Å². The van der Waals surface area contributed by atoms with E-state index in [1.807, 2.05) is 0 Å². The lowest BCUT2D eigenvalue weighted by Crippen LogP contribution is -2.28. The molecule has 9 heteroatoms. The van der Waals surface area contributed by atoms with Gasteiger partial charge in [-0.05, 0) is 24.3 Å². The number of hydrogen-bond acceptors (Lipinski definition) is 6. The van der Waals surface area contributed by atoms with Crippen LogP contribution in [0, 0.1) is 10.1 Å². The van der Waals surface area contributed by atoms with Crippen molar-refractivity contribution in [2.75, 3.05) is 32.2 Å². The zero-order valence-corrected chi connectivity index (χ0v) is 14.6. The summed E-state index contributed by atoms with van der Waals surface area (Å²) in [6, 6.07) is 12.0. The second kappa shape index (κ2) is 9.88. The van der Waals surface area contributed by atoms with E-state index < -0.39 is 10.8 Å². The summed E-state index contributed by atoms with van der Waals surface area (Å²) in [6.07, 6.45) is 0. The molecule has 0 unspecified atom stereocenters. The smallest absolute Gasteiger partial charge is 0.269 e. The number of hydrogen-bond donors (Lipinski definition) is 2. The first-order chi connectivity index (χ1) is 13.0. The molecule has 0 fully saturated rings. The molecule has 0 saturated heterocycles. The number of methoxy groups -OCH3 is 1. The zero-order chi connectivity index (χ0) is 19.6. The van der Waals surface area contributed by atoms with E-state index in [4.69, 9.17) is 9.47 Å². The van der Waals surface area contributed by atoms with Gasteiger partial charge >= 0.3 is 0 Å². The van der Waals surface area contributed by atoms with Gasteiger partial charge in [-0.25, -0.2) is 0 Å². The summed E-state index contributed by atoms with van der Waals surface area (Å²) < 4.78 is 10.2. The van der Waals surface area contributed by atoms with Crippen molar-refractivity contribution in [3.63, 3.8) is 0 Å². The fourth-order valence-electron chi connectivity index (χ4n) is 2.15. The minimum Gasteiger partial charge on any atom is -0.484 e. The number of para-hydroxylation sites is 1. The largest absolute Gasteiger partial charge is 0.484 e. The molecule has 0 radical (unpaired) electrons. The summed E-state index contributed by atoms with van der Waals surface area (Å²) in [5.41, 5.74) is 0.599. The summed E-state index contributed by atoms with van der Waals surface area (Å²) >= 11 is 0. The summed E-state index contributed by atoms with van der Waals surface area (Å²) in [4.78, 5) is 34.4. The van der Waals surface area contributed by atoms with Crippen LogP contribution in [0.3, 0.4) is 0 Å². The van der Waals surface area contributed by atoms with Crippen LogP contribution in [-0.2, 0) is 9.53 Å². The highest BCUT2D eigenvalue weighted by Crippen LogP contribution is 2.18. The number of non-ortho nitro benzene ring substituents is 1. The van der Waals surface area contributed by atoms with Gasteiger partial charge in [0.05, 0.1) is 22.8 Å². The van der Waals surface area contributed by atoms with Crippen LogP contribution >= 0.6 is 0 Å². The second-order valence-corrected chi connectivity index (χ2v) is 5.38. The van der Waals surface area contributed by atoms with Crippen molar-refractivity contribution in [3.05, 3.63) is 64.2 Å². The number of nitro groups is 1. The van der Waals surface area contributed by atoms with Gasteiger partial charge in [-0.3, -0.25) is 19.7 Å². The number of anilines is 1. The summed E-state index contributed by atoms with van der Waals surface area (Å²) in [5.74, 6) is -0.480. The van der Waals surface area contributed by atoms with Gasteiger partial charge in [-0.2, -0.15) is 0 Å². The zero-order valence-electron chi connectivity index (χ0n) is 14.6. The Morgan fingerprint density at radius 1 is 1.11 bits per heavy atom. The lowest BCUT2D eigenvalue weighted by atomic mass is 10.1. The first-order valence-corrected chi connectivity index (χ1v) is 8.04. The Kier molecular flexibility index (Phi) is 7.26. The Balaban J connectivity index is 1.93. The Bertz CT molecular complexity index is 807. The summed E-state index contributed by atoms with van der Waals surface area (Å²) in [7, 11) is 1.53. The van der Waals surface area contributed by atoms with Crippen molar-refractivity contribution < 1.29 is 24.0 Å². The standard InChI is InChI=1S/C18H19N3O6/c1-26-11-10-19-18(23)15-4-2-3-5-16(15)20-17(22)12-27-14-8-6-13(7-9-14)21(24)25/h2-9H,10-12H2,1H3,(H,19,23)(H,20,22). The predicted octanol–water partition coefficient (Wildman–Crippen LogP) is 1.99. The fraction of sp³-hybridized carbons (Fsp3) is 0.222. The van der Waals surface area contributed by atoms with Gasteiger partial charge in [-0.15, -0.1) is 0 Å². The van der Waals surface area contributed by atoms with Gasteiger partial charge in [0.25, 0.3) is 17.5 Å². The van der Waals surface area contributed by atoms with Crippen LogP contribution in [0.5, 0.6) is 5.75 Å². The molecule has 27 heavy (non-hydrogen) atoms. The molecule has 0 atom stereocenters. The number of benzene rings is 2. The van der Waals surface area contributed by atoms with E-state index in [0.29, 0.717) is 30.2 Å². The van der Waals surface area contributed by atoms with Gasteiger partial charge in [0.15, 0.2) is 6.61 Å². The molecule has 2 rings (SSSR count). The molecule has 9 nitrogen and oxygen atoms in total. The minimum absolute atomic E-state index is 0.0692. The number of nitrogens with zero attached hydrogens (tertiary/aromatic N) is 1. The van der Waals surface area contributed by atoms with Crippen LogP contribution in [0.15, 0.2) is 48.5 Å². The molecule has 0 aliphatic heterocycles. The van der Waals surface area contributed by atoms with Crippen molar-refractivity contribution >= 4 is 23.2 Å². The van der Waals surface area contributed by atoms with E-state index in [1.54, 1.807) is 24.3 Å². The molecule has 0 aliphatic rings. The third-order valence-corrected chi connectivity index (χ3v) is 3.45. The van der Waals surface area contributed by atoms with Crippen molar-refractivity contribution in [1.82, 2.24) is 5.32 Å². The number of carbonyl (C=O) groups excluding carboxylic acids is 2. The molecule has 2 N–H and O–H groups in total. The van der Waals surface area contributed by atoms with Crippen molar-refractivity contribution in [3.8, 4) is 5.75 Å². The highest BCUT2D eigenvalue weighted by Gasteiger charge is 2.13. The number of rotatable bonds is 9.